The summed E-state index contributed by atoms with van der Waals surface area (Å²) in [5, 5.41) is 9.72. The SMILES string of the molecule is C=CCOc1ccc(-c2ccc(O)c(Cl)c2)cc1. The van der Waals surface area contributed by atoms with Gasteiger partial charge < -0.3 is 9.84 Å². The smallest absolute Gasteiger partial charge is 0.134 e. The molecule has 0 unspecified atom stereocenters. The minimum absolute atomic E-state index is 0.0892. The van der Waals surface area contributed by atoms with Crippen LogP contribution in [0.5, 0.6) is 11.5 Å². The Kier molecular flexibility index (Phi) is 3.90. The lowest BCUT2D eigenvalue weighted by molar-refractivity contribution is 0.363. The Balaban J connectivity index is 2.22. The Morgan fingerprint density at radius 3 is 2.39 bits per heavy atom. The number of hydrogen-bond acceptors (Lipinski definition) is 2. The van der Waals surface area contributed by atoms with Crippen LogP contribution in [-0.4, -0.2) is 11.7 Å². The fourth-order valence-electron chi connectivity index (χ4n) is 1.59. The zero-order valence-corrected chi connectivity index (χ0v) is 10.5. The van der Waals surface area contributed by atoms with Crippen molar-refractivity contribution in [3.8, 4) is 22.6 Å². The lowest BCUT2D eigenvalue weighted by atomic mass is 10.1. The molecule has 18 heavy (non-hydrogen) atoms. The molecule has 0 saturated carbocycles. The number of aromatic hydroxyl groups is 1. The Hall–Kier alpha value is -1.93. The zero-order chi connectivity index (χ0) is 13.0. The molecule has 0 spiro atoms. The number of rotatable bonds is 4. The third-order valence-electron chi connectivity index (χ3n) is 2.50. The highest BCUT2D eigenvalue weighted by molar-refractivity contribution is 6.32. The van der Waals surface area contributed by atoms with Crippen LogP contribution in [0.15, 0.2) is 55.1 Å². The molecule has 2 rings (SSSR count). The van der Waals surface area contributed by atoms with E-state index < -0.39 is 0 Å². The van der Waals surface area contributed by atoms with E-state index in [0.29, 0.717) is 11.6 Å². The zero-order valence-electron chi connectivity index (χ0n) is 9.77. The van der Waals surface area contributed by atoms with E-state index in [1.54, 1.807) is 18.2 Å². The summed E-state index contributed by atoms with van der Waals surface area (Å²) < 4.78 is 5.40. The lowest BCUT2D eigenvalue weighted by Crippen LogP contribution is -1.92. The molecule has 0 atom stereocenters. The Labute approximate surface area is 111 Å². The van der Waals surface area contributed by atoms with Crippen molar-refractivity contribution in [1.29, 1.82) is 0 Å². The van der Waals surface area contributed by atoms with Crippen LogP contribution in [0.4, 0.5) is 0 Å². The summed E-state index contributed by atoms with van der Waals surface area (Å²) in [5.74, 6) is 0.884. The summed E-state index contributed by atoms with van der Waals surface area (Å²) in [7, 11) is 0. The van der Waals surface area contributed by atoms with Crippen LogP contribution in [0.1, 0.15) is 0 Å². The van der Waals surface area contributed by atoms with Crippen molar-refractivity contribution >= 4 is 11.6 Å². The summed E-state index contributed by atoms with van der Waals surface area (Å²) in [6.45, 7) is 4.09. The Morgan fingerprint density at radius 2 is 1.78 bits per heavy atom. The van der Waals surface area contributed by atoms with Gasteiger partial charge in [-0.25, -0.2) is 0 Å². The molecular formula is C15H13ClO2. The van der Waals surface area contributed by atoms with Gasteiger partial charge in [-0.3, -0.25) is 0 Å². The fraction of sp³-hybridized carbons (Fsp3) is 0.0667. The average Bonchev–Trinajstić information content (AvgIpc) is 2.40. The number of phenolic OH excluding ortho intramolecular Hbond substituents is 1. The highest BCUT2D eigenvalue weighted by atomic mass is 35.5. The van der Waals surface area contributed by atoms with E-state index in [2.05, 4.69) is 6.58 Å². The maximum Gasteiger partial charge on any atom is 0.134 e. The van der Waals surface area contributed by atoms with E-state index in [1.165, 1.54) is 0 Å². The van der Waals surface area contributed by atoms with E-state index in [9.17, 15) is 5.11 Å². The molecular weight excluding hydrogens is 248 g/mol. The first kappa shape index (κ1) is 12.5. The van der Waals surface area contributed by atoms with Crippen molar-refractivity contribution in [3.63, 3.8) is 0 Å². The van der Waals surface area contributed by atoms with Crippen molar-refractivity contribution < 1.29 is 9.84 Å². The monoisotopic (exact) mass is 260 g/mol. The highest BCUT2D eigenvalue weighted by Crippen LogP contribution is 2.30. The second kappa shape index (κ2) is 5.61. The van der Waals surface area contributed by atoms with Gasteiger partial charge in [0.1, 0.15) is 18.1 Å². The van der Waals surface area contributed by atoms with E-state index in [-0.39, 0.29) is 5.75 Å². The van der Waals surface area contributed by atoms with Gasteiger partial charge in [-0.15, -0.1) is 0 Å². The van der Waals surface area contributed by atoms with Crippen LogP contribution in [0.3, 0.4) is 0 Å². The largest absolute Gasteiger partial charge is 0.506 e. The molecule has 0 amide bonds. The van der Waals surface area contributed by atoms with Gasteiger partial charge in [-0.05, 0) is 35.4 Å². The third kappa shape index (κ3) is 2.84. The Bertz CT molecular complexity index is 547. The van der Waals surface area contributed by atoms with Gasteiger partial charge >= 0.3 is 0 Å². The molecule has 0 saturated heterocycles. The molecule has 92 valence electrons. The maximum atomic E-state index is 9.37. The predicted molar refractivity (Wildman–Crippen MR) is 74.2 cm³/mol. The fourth-order valence-corrected chi connectivity index (χ4v) is 1.77. The predicted octanol–water partition coefficient (Wildman–Crippen LogP) is 4.28. The normalized spacial score (nSPS) is 10.1. The number of halogens is 1. The molecule has 0 aliphatic carbocycles. The minimum atomic E-state index is 0.0892. The molecule has 2 aromatic carbocycles. The number of hydrogen-bond donors (Lipinski definition) is 1. The van der Waals surface area contributed by atoms with E-state index in [1.807, 2.05) is 30.3 Å². The van der Waals surface area contributed by atoms with Crippen molar-refractivity contribution in [1.82, 2.24) is 0 Å². The highest BCUT2D eigenvalue weighted by Gasteiger charge is 2.02. The van der Waals surface area contributed by atoms with Crippen molar-refractivity contribution in [2.45, 2.75) is 0 Å². The molecule has 0 radical (unpaired) electrons. The molecule has 0 aliphatic rings. The summed E-state index contributed by atoms with van der Waals surface area (Å²) in [4.78, 5) is 0. The molecule has 2 nitrogen and oxygen atoms in total. The van der Waals surface area contributed by atoms with Crippen LogP contribution >= 0.6 is 11.6 Å². The van der Waals surface area contributed by atoms with Crippen LogP contribution < -0.4 is 4.74 Å². The van der Waals surface area contributed by atoms with Crippen molar-refractivity contribution in [2.24, 2.45) is 0 Å². The van der Waals surface area contributed by atoms with Crippen molar-refractivity contribution in [2.75, 3.05) is 6.61 Å². The molecule has 0 aromatic heterocycles. The summed E-state index contributed by atoms with van der Waals surface area (Å²) in [5.41, 5.74) is 1.97. The van der Waals surface area contributed by atoms with Gasteiger partial charge in [0, 0.05) is 0 Å². The van der Waals surface area contributed by atoms with Crippen LogP contribution in [0.2, 0.25) is 5.02 Å². The molecule has 0 heterocycles. The first-order valence-electron chi connectivity index (χ1n) is 5.53. The molecule has 0 bridgehead atoms. The minimum Gasteiger partial charge on any atom is -0.506 e. The average molecular weight is 261 g/mol. The molecule has 0 aliphatic heterocycles. The topological polar surface area (TPSA) is 29.5 Å². The van der Waals surface area contributed by atoms with Crippen LogP contribution in [0.25, 0.3) is 11.1 Å². The first-order chi connectivity index (χ1) is 8.70. The van der Waals surface area contributed by atoms with Crippen LogP contribution in [0, 0.1) is 0 Å². The number of benzene rings is 2. The summed E-state index contributed by atoms with van der Waals surface area (Å²) in [6.07, 6.45) is 1.70. The first-order valence-corrected chi connectivity index (χ1v) is 5.91. The standard InChI is InChI=1S/C15H13ClO2/c1-2-9-18-13-6-3-11(4-7-13)12-5-8-15(17)14(16)10-12/h2-8,10,17H,1,9H2. The van der Waals surface area contributed by atoms with Gasteiger partial charge in [0.25, 0.3) is 0 Å². The number of phenols is 1. The quantitative estimate of drug-likeness (QED) is 0.832. The van der Waals surface area contributed by atoms with Gasteiger partial charge in [0.15, 0.2) is 0 Å². The second-order valence-electron chi connectivity index (χ2n) is 3.79. The molecule has 1 N–H and O–H groups in total. The van der Waals surface area contributed by atoms with Gasteiger partial charge in [-0.1, -0.05) is 42.5 Å². The molecule has 2 aromatic rings. The number of ether oxygens (including phenoxy) is 1. The lowest BCUT2D eigenvalue weighted by Gasteiger charge is -2.06. The van der Waals surface area contributed by atoms with Gasteiger partial charge in [0.2, 0.25) is 0 Å². The van der Waals surface area contributed by atoms with Gasteiger partial charge in [-0.2, -0.15) is 0 Å². The molecule has 3 heteroatoms. The Morgan fingerprint density at radius 1 is 1.11 bits per heavy atom. The second-order valence-corrected chi connectivity index (χ2v) is 4.20. The van der Waals surface area contributed by atoms with Gasteiger partial charge in [0.05, 0.1) is 5.02 Å². The summed E-state index contributed by atoms with van der Waals surface area (Å²) in [6, 6.07) is 12.8. The van der Waals surface area contributed by atoms with Crippen molar-refractivity contribution in [3.05, 3.63) is 60.1 Å². The third-order valence-corrected chi connectivity index (χ3v) is 2.81. The van der Waals surface area contributed by atoms with E-state index in [0.717, 1.165) is 16.9 Å². The van der Waals surface area contributed by atoms with E-state index in [4.69, 9.17) is 16.3 Å². The van der Waals surface area contributed by atoms with E-state index >= 15 is 0 Å². The van der Waals surface area contributed by atoms with Crippen LogP contribution in [-0.2, 0) is 0 Å². The molecule has 0 fully saturated rings. The summed E-state index contributed by atoms with van der Waals surface area (Å²) >= 11 is 5.88. The maximum absolute atomic E-state index is 9.37.